The van der Waals surface area contributed by atoms with Crippen LogP contribution in [0.3, 0.4) is 0 Å². The summed E-state index contributed by atoms with van der Waals surface area (Å²) in [4.78, 5) is 11.4. The first kappa shape index (κ1) is 15.1. The van der Waals surface area contributed by atoms with Crippen LogP contribution in [0.2, 0.25) is 0 Å². The third kappa shape index (κ3) is 4.33. The predicted molar refractivity (Wildman–Crippen MR) is 81.3 cm³/mol. The van der Waals surface area contributed by atoms with Gasteiger partial charge in [0.05, 0.1) is 25.9 Å². The maximum Gasteiger partial charge on any atom is 0.252 e. The van der Waals surface area contributed by atoms with Crippen LogP contribution in [0.25, 0.3) is 0 Å². The number of carbonyl (C=O) groups excluding carboxylic acids is 1. The van der Waals surface area contributed by atoms with E-state index in [0.29, 0.717) is 24.5 Å². The molecule has 0 heterocycles. The van der Waals surface area contributed by atoms with Gasteiger partial charge in [0.25, 0.3) is 5.91 Å². The number of nitrogens with two attached hydrogens (primary N) is 1. The molecule has 0 bridgehead atoms. The van der Waals surface area contributed by atoms with E-state index in [1.165, 1.54) is 7.11 Å². The molecule has 2 rings (SSSR count). The van der Waals surface area contributed by atoms with E-state index in [1.54, 1.807) is 12.1 Å². The summed E-state index contributed by atoms with van der Waals surface area (Å²) in [5.41, 5.74) is 7.88. The summed E-state index contributed by atoms with van der Waals surface area (Å²) in [5.74, 6) is 0.00959. The highest BCUT2D eigenvalue weighted by atomic mass is 16.5. The van der Waals surface area contributed by atoms with Crippen LogP contribution in [-0.4, -0.2) is 19.6 Å². The van der Waals surface area contributed by atoms with Crippen LogP contribution in [0, 0.1) is 0 Å². The predicted octanol–water partition coefficient (Wildman–Crippen LogP) is 2.55. The smallest absolute Gasteiger partial charge is 0.252 e. The second kappa shape index (κ2) is 7.45. The lowest BCUT2D eigenvalue weighted by Crippen LogP contribution is -2.13. The minimum Gasteiger partial charge on any atom is -0.496 e. The van der Waals surface area contributed by atoms with E-state index in [1.807, 2.05) is 36.4 Å². The van der Waals surface area contributed by atoms with Crippen LogP contribution >= 0.6 is 0 Å². The maximum absolute atomic E-state index is 11.4. The molecule has 2 N–H and O–H groups in total. The maximum atomic E-state index is 11.4. The van der Waals surface area contributed by atoms with E-state index in [-0.39, 0.29) is 0 Å². The highest BCUT2D eigenvalue weighted by Gasteiger charge is 2.09. The average Bonchev–Trinajstić information content (AvgIpc) is 2.52. The minimum absolute atomic E-state index is 0.401. The van der Waals surface area contributed by atoms with E-state index < -0.39 is 5.91 Å². The van der Waals surface area contributed by atoms with Crippen molar-refractivity contribution in [2.45, 2.75) is 13.0 Å². The highest BCUT2D eigenvalue weighted by molar-refractivity contribution is 5.95. The Morgan fingerprint density at radius 1 is 1.10 bits per heavy atom. The van der Waals surface area contributed by atoms with Gasteiger partial charge in [-0.1, -0.05) is 36.4 Å². The summed E-state index contributed by atoms with van der Waals surface area (Å²) in [5, 5.41) is 0. The summed E-state index contributed by atoms with van der Waals surface area (Å²) >= 11 is 0. The molecule has 4 heteroatoms. The Morgan fingerprint density at radius 3 is 2.52 bits per heavy atom. The Bertz CT molecular complexity index is 596. The summed E-state index contributed by atoms with van der Waals surface area (Å²) in [7, 11) is 1.52. The Morgan fingerprint density at radius 2 is 1.86 bits per heavy atom. The van der Waals surface area contributed by atoms with Crippen molar-refractivity contribution in [2.24, 2.45) is 5.73 Å². The molecule has 0 aliphatic carbocycles. The van der Waals surface area contributed by atoms with Gasteiger partial charge in [0, 0.05) is 0 Å². The normalized spacial score (nSPS) is 10.3. The fourth-order valence-electron chi connectivity index (χ4n) is 2.06. The van der Waals surface area contributed by atoms with E-state index in [2.05, 4.69) is 0 Å². The van der Waals surface area contributed by atoms with Crippen molar-refractivity contribution in [1.82, 2.24) is 0 Å². The van der Waals surface area contributed by atoms with Crippen molar-refractivity contribution in [3.8, 4) is 5.75 Å². The molecule has 0 aliphatic rings. The summed E-state index contributed by atoms with van der Waals surface area (Å²) in [6.07, 6.45) is 0.719. The topological polar surface area (TPSA) is 61.6 Å². The Balaban J connectivity index is 1.88. The first-order chi connectivity index (χ1) is 10.2. The Labute approximate surface area is 124 Å². The third-order valence-corrected chi connectivity index (χ3v) is 3.18. The molecule has 0 fully saturated rings. The number of hydrogen-bond acceptors (Lipinski definition) is 3. The van der Waals surface area contributed by atoms with Crippen molar-refractivity contribution >= 4 is 5.91 Å². The van der Waals surface area contributed by atoms with Gasteiger partial charge in [-0.2, -0.15) is 0 Å². The van der Waals surface area contributed by atoms with Gasteiger partial charge >= 0.3 is 0 Å². The Hall–Kier alpha value is -2.33. The highest BCUT2D eigenvalue weighted by Crippen LogP contribution is 2.19. The molecule has 1 amide bonds. The van der Waals surface area contributed by atoms with Crippen LogP contribution in [0.15, 0.2) is 48.5 Å². The van der Waals surface area contributed by atoms with Crippen molar-refractivity contribution in [2.75, 3.05) is 13.7 Å². The van der Waals surface area contributed by atoms with Crippen LogP contribution in [-0.2, 0) is 17.8 Å². The number of amides is 1. The van der Waals surface area contributed by atoms with Gasteiger partial charge < -0.3 is 15.2 Å². The molecule has 0 saturated heterocycles. The fourth-order valence-corrected chi connectivity index (χ4v) is 2.06. The zero-order valence-corrected chi connectivity index (χ0v) is 12.0. The van der Waals surface area contributed by atoms with Crippen LogP contribution in [0.4, 0.5) is 0 Å². The molecule has 0 saturated carbocycles. The molecular formula is C17H19NO3. The first-order valence-corrected chi connectivity index (χ1v) is 6.79. The number of hydrogen-bond donors (Lipinski definition) is 1. The zero-order valence-electron chi connectivity index (χ0n) is 12.0. The van der Waals surface area contributed by atoms with E-state index in [9.17, 15) is 4.79 Å². The van der Waals surface area contributed by atoms with Gasteiger partial charge in [0.1, 0.15) is 5.75 Å². The molecule has 0 radical (unpaired) electrons. The van der Waals surface area contributed by atoms with Crippen molar-refractivity contribution in [1.29, 1.82) is 0 Å². The molecule has 0 atom stereocenters. The van der Waals surface area contributed by atoms with Gasteiger partial charge in [-0.25, -0.2) is 0 Å². The molecule has 21 heavy (non-hydrogen) atoms. The van der Waals surface area contributed by atoms with Gasteiger partial charge in [0.2, 0.25) is 0 Å². The van der Waals surface area contributed by atoms with Gasteiger partial charge in [0.15, 0.2) is 0 Å². The fraction of sp³-hybridized carbons (Fsp3) is 0.235. The van der Waals surface area contributed by atoms with E-state index in [0.717, 1.165) is 17.5 Å². The van der Waals surface area contributed by atoms with E-state index in [4.69, 9.17) is 15.2 Å². The lowest BCUT2D eigenvalue weighted by atomic mass is 10.1. The van der Waals surface area contributed by atoms with Gasteiger partial charge in [-0.15, -0.1) is 0 Å². The second-order valence-electron chi connectivity index (χ2n) is 4.69. The first-order valence-electron chi connectivity index (χ1n) is 6.79. The second-order valence-corrected chi connectivity index (χ2v) is 4.69. The zero-order chi connectivity index (χ0) is 15.1. The minimum atomic E-state index is -0.487. The number of ether oxygens (including phenoxy) is 2. The largest absolute Gasteiger partial charge is 0.496 e. The number of methoxy groups -OCH3 is 1. The number of carbonyl (C=O) groups is 1. The number of primary amides is 1. The summed E-state index contributed by atoms with van der Waals surface area (Å²) in [6, 6.07) is 15.4. The standard InChI is InChI=1S/C17H19NO3/c1-20-16-8-7-13(11-15(16)17(18)19)9-10-21-12-14-5-3-2-4-6-14/h2-8,11H,9-10,12H2,1H3,(H2,18,19). The summed E-state index contributed by atoms with van der Waals surface area (Å²) in [6.45, 7) is 1.17. The van der Waals surface area contributed by atoms with Crippen molar-refractivity contribution in [3.63, 3.8) is 0 Å². The molecule has 4 nitrogen and oxygen atoms in total. The van der Waals surface area contributed by atoms with Crippen LogP contribution in [0.1, 0.15) is 21.5 Å². The third-order valence-electron chi connectivity index (χ3n) is 3.18. The molecule has 110 valence electrons. The summed E-state index contributed by atoms with van der Waals surface area (Å²) < 4.78 is 10.7. The average molecular weight is 285 g/mol. The molecule has 0 aliphatic heterocycles. The molecular weight excluding hydrogens is 266 g/mol. The van der Waals surface area contributed by atoms with Gasteiger partial charge in [-0.05, 0) is 29.7 Å². The SMILES string of the molecule is COc1ccc(CCOCc2ccccc2)cc1C(N)=O. The lowest BCUT2D eigenvalue weighted by Gasteiger charge is -2.09. The quantitative estimate of drug-likeness (QED) is 0.795. The monoisotopic (exact) mass is 285 g/mol. The lowest BCUT2D eigenvalue weighted by molar-refractivity contribution is 0.0997. The van der Waals surface area contributed by atoms with E-state index >= 15 is 0 Å². The van der Waals surface area contributed by atoms with Crippen LogP contribution in [0.5, 0.6) is 5.75 Å². The number of rotatable bonds is 7. The van der Waals surface area contributed by atoms with Crippen LogP contribution < -0.4 is 10.5 Å². The van der Waals surface area contributed by atoms with Gasteiger partial charge in [-0.3, -0.25) is 4.79 Å². The molecule has 0 unspecified atom stereocenters. The number of benzene rings is 2. The molecule has 2 aromatic rings. The molecule has 2 aromatic carbocycles. The molecule has 0 spiro atoms. The van der Waals surface area contributed by atoms with Crippen molar-refractivity contribution in [3.05, 3.63) is 65.2 Å². The molecule has 0 aromatic heterocycles. The Kier molecular flexibility index (Phi) is 5.35. The van der Waals surface area contributed by atoms with Crippen molar-refractivity contribution < 1.29 is 14.3 Å².